The second-order valence-corrected chi connectivity index (χ2v) is 4.42. The number of carbonyl (C=O) groups excluding carboxylic acids is 1. The highest BCUT2D eigenvalue weighted by Gasteiger charge is 2.22. The Kier molecular flexibility index (Phi) is 3.81. The number of rotatable bonds is 5. The second-order valence-electron chi connectivity index (χ2n) is 4.42. The van der Waals surface area contributed by atoms with Crippen LogP contribution in [0.3, 0.4) is 0 Å². The van der Waals surface area contributed by atoms with E-state index >= 15 is 0 Å². The molecule has 0 spiro atoms. The van der Waals surface area contributed by atoms with Gasteiger partial charge in [-0.3, -0.25) is 9.63 Å². The van der Waals surface area contributed by atoms with Crippen molar-refractivity contribution in [3.8, 4) is 5.75 Å². The van der Waals surface area contributed by atoms with Crippen LogP contribution in [0.15, 0.2) is 18.2 Å². The summed E-state index contributed by atoms with van der Waals surface area (Å²) in [6, 6.07) is 3.98. The first-order chi connectivity index (χ1) is 8.60. The lowest BCUT2D eigenvalue weighted by Gasteiger charge is -2.14. The number of ether oxygens (including phenoxy) is 1. The molecule has 0 N–H and O–H groups in total. The SMILES string of the molecule is CON(C)C(=O)c1cc(F)cc(OCC2CC2)c1. The molecule has 1 aliphatic carbocycles. The van der Waals surface area contributed by atoms with E-state index in [9.17, 15) is 9.18 Å². The molecule has 1 aromatic rings. The average Bonchev–Trinajstić information content (AvgIpc) is 3.18. The molecule has 5 heteroatoms. The van der Waals surface area contributed by atoms with Crippen LogP contribution in [0, 0.1) is 11.7 Å². The standard InChI is InChI=1S/C13H16FNO3/c1-15(17-2)13(16)10-5-11(14)7-12(6-10)18-8-9-3-4-9/h5-7,9H,3-4,8H2,1-2H3. The van der Waals surface area contributed by atoms with Crippen LogP contribution < -0.4 is 4.74 Å². The first kappa shape index (κ1) is 12.8. The number of hydrogen-bond donors (Lipinski definition) is 0. The third-order valence-corrected chi connectivity index (χ3v) is 2.86. The van der Waals surface area contributed by atoms with E-state index < -0.39 is 11.7 Å². The van der Waals surface area contributed by atoms with Crippen molar-refractivity contribution in [1.29, 1.82) is 0 Å². The summed E-state index contributed by atoms with van der Waals surface area (Å²) in [5.41, 5.74) is 0.213. The Morgan fingerprint density at radius 1 is 1.44 bits per heavy atom. The van der Waals surface area contributed by atoms with Gasteiger partial charge in [-0.15, -0.1) is 0 Å². The molecule has 0 radical (unpaired) electrons. The Bertz CT molecular complexity index is 446. The highest BCUT2D eigenvalue weighted by Crippen LogP contribution is 2.30. The van der Waals surface area contributed by atoms with E-state index in [0.717, 1.165) is 17.9 Å². The summed E-state index contributed by atoms with van der Waals surface area (Å²) >= 11 is 0. The second kappa shape index (κ2) is 5.35. The fourth-order valence-electron chi connectivity index (χ4n) is 1.53. The molecule has 0 unspecified atom stereocenters. The monoisotopic (exact) mass is 253 g/mol. The van der Waals surface area contributed by atoms with Crippen molar-refractivity contribution in [2.75, 3.05) is 20.8 Å². The van der Waals surface area contributed by atoms with E-state index in [2.05, 4.69) is 0 Å². The van der Waals surface area contributed by atoms with Crippen LogP contribution >= 0.6 is 0 Å². The minimum atomic E-state index is -0.490. The minimum absolute atomic E-state index is 0.213. The van der Waals surface area contributed by atoms with Gasteiger partial charge in [0.1, 0.15) is 11.6 Å². The Morgan fingerprint density at radius 3 is 2.78 bits per heavy atom. The highest BCUT2D eigenvalue weighted by molar-refractivity contribution is 5.93. The molecule has 0 atom stereocenters. The van der Waals surface area contributed by atoms with Gasteiger partial charge < -0.3 is 4.74 Å². The minimum Gasteiger partial charge on any atom is -0.493 e. The van der Waals surface area contributed by atoms with Gasteiger partial charge in [-0.05, 0) is 30.9 Å². The van der Waals surface area contributed by atoms with Gasteiger partial charge in [-0.25, -0.2) is 9.45 Å². The molecule has 1 fully saturated rings. The van der Waals surface area contributed by atoms with Crippen LogP contribution in [0.4, 0.5) is 4.39 Å². The van der Waals surface area contributed by atoms with E-state index in [-0.39, 0.29) is 5.56 Å². The van der Waals surface area contributed by atoms with Gasteiger partial charge in [-0.2, -0.15) is 0 Å². The number of hydroxylamine groups is 2. The van der Waals surface area contributed by atoms with E-state index in [4.69, 9.17) is 9.57 Å². The van der Waals surface area contributed by atoms with Crippen LogP contribution in [0.25, 0.3) is 0 Å². The van der Waals surface area contributed by atoms with Gasteiger partial charge in [-0.1, -0.05) is 0 Å². The molecule has 0 aromatic heterocycles. The molecule has 2 rings (SSSR count). The molecule has 4 nitrogen and oxygen atoms in total. The largest absolute Gasteiger partial charge is 0.493 e. The molecule has 1 aliphatic rings. The van der Waals surface area contributed by atoms with Crippen LogP contribution in [-0.2, 0) is 4.84 Å². The number of hydrogen-bond acceptors (Lipinski definition) is 3. The fraction of sp³-hybridized carbons (Fsp3) is 0.462. The maximum atomic E-state index is 13.4. The first-order valence-electron chi connectivity index (χ1n) is 5.85. The zero-order valence-corrected chi connectivity index (χ0v) is 10.5. The zero-order valence-electron chi connectivity index (χ0n) is 10.5. The summed E-state index contributed by atoms with van der Waals surface area (Å²) in [5.74, 6) is 0.0632. The third-order valence-electron chi connectivity index (χ3n) is 2.86. The smallest absolute Gasteiger partial charge is 0.277 e. The van der Waals surface area contributed by atoms with Crippen molar-refractivity contribution in [2.24, 2.45) is 5.92 Å². The quantitative estimate of drug-likeness (QED) is 0.755. The van der Waals surface area contributed by atoms with Gasteiger partial charge in [0.25, 0.3) is 5.91 Å². The maximum absolute atomic E-state index is 13.4. The Balaban J connectivity index is 2.11. The number of nitrogens with zero attached hydrogens (tertiary/aromatic N) is 1. The lowest BCUT2D eigenvalue weighted by Crippen LogP contribution is -2.25. The van der Waals surface area contributed by atoms with Crippen molar-refractivity contribution in [1.82, 2.24) is 5.06 Å². The number of amides is 1. The summed E-state index contributed by atoms with van der Waals surface area (Å²) in [6.07, 6.45) is 2.32. The number of benzene rings is 1. The maximum Gasteiger partial charge on any atom is 0.277 e. The molecular formula is C13H16FNO3. The molecule has 1 aromatic carbocycles. The molecule has 1 amide bonds. The molecule has 18 heavy (non-hydrogen) atoms. The molecular weight excluding hydrogens is 237 g/mol. The lowest BCUT2D eigenvalue weighted by molar-refractivity contribution is -0.0757. The predicted octanol–water partition coefficient (Wildman–Crippen LogP) is 2.25. The lowest BCUT2D eigenvalue weighted by atomic mass is 10.2. The topological polar surface area (TPSA) is 38.8 Å². The van der Waals surface area contributed by atoms with Crippen LogP contribution in [0.1, 0.15) is 23.2 Å². The van der Waals surface area contributed by atoms with Crippen LogP contribution in [0.5, 0.6) is 5.75 Å². The average molecular weight is 253 g/mol. The number of halogens is 1. The highest BCUT2D eigenvalue weighted by atomic mass is 19.1. The van der Waals surface area contributed by atoms with Crippen LogP contribution in [-0.4, -0.2) is 31.7 Å². The normalized spacial score (nSPS) is 14.4. The summed E-state index contributed by atoms with van der Waals surface area (Å²) in [4.78, 5) is 16.6. The van der Waals surface area contributed by atoms with Crippen molar-refractivity contribution < 1.29 is 18.8 Å². The van der Waals surface area contributed by atoms with E-state index in [1.807, 2.05) is 0 Å². The van der Waals surface area contributed by atoms with Gasteiger partial charge in [0.05, 0.1) is 13.7 Å². The zero-order chi connectivity index (χ0) is 13.1. The molecule has 0 aliphatic heterocycles. The third kappa shape index (κ3) is 3.20. The van der Waals surface area contributed by atoms with Crippen molar-refractivity contribution >= 4 is 5.91 Å². The van der Waals surface area contributed by atoms with Crippen LogP contribution in [0.2, 0.25) is 0 Å². The van der Waals surface area contributed by atoms with E-state index in [0.29, 0.717) is 18.3 Å². The summed E-state index contributed by atoms with van der Waals surface area (Å²) in [6.45, 7) is 0.581. The van der Waals surface area contributed by atoms with Crippen molar-refractivity contribution in [3.05, 3.63) is 29.6 Å². The van der Waals surface area contributed by atoms with E-state index in [1.165, 1.54) is 32.4 Å². The Morgan fingerprint density at radius 2 is 2.17 bits per heavy atom. The number of carbonyl (C=O) groups is 1. The van der Waals surface area contributed by atoms with Gasteiger partial charge in [0.2, 0.25) is 0 Å². The fourth-order valence-corrected chi connectivity index (χ4v) is 1.53. The summed E-state index contributed by atoms with van der Waals surface area (Å²) in [7, 11) is 2.85. The molecule has 0 heterocycles. The Hall–Kier alpha value is -1.62. The predicted molar refractivity (Wildman–Crippen MR) is 63.7 cm³/mol. The van der Waals surface area contributed by atoms with E-state index in [1.54, 1.807) is 0 Å². The molecule has 98 valence electrons. The van der Waals surface area contributed by atoms with Crippen molar-refractivity contribution in [2.45, 2.75) is 12.8 Å². The van der Waals surface area contributed by atoms with Crippen molar-refractivity contribution in [3.63, 3.8) is 0 Å². The molecule has 1 saturated carbocycles. The Labute approximate surface area is 105 Å². The summed E-state index contributed by atoms with van der Waals surface area (Å²) in [5, 5.41) is 1.04. The van der Waals surface area contributed by atoms with Gasteiger partial charge in [0, 0.05) is 18.7 Å². The summed E-state index contributed by atoms with van der Waals surface area (Å²) < 4.78 is 18.9. The molecule has 0 saturated heterocycles. The molecule has 0 bridgehead atoms. The van der Waals surface area contributed by atoms with Gasteiger partial charge >= 0.3 is 0 Å². The first-order valence-corrected chi connectivity index (χ1v) is 5.85. The van der Waals surface area contributed by atoms with Gasteiger partial charge in [0.15, 0.2) is 0 Å².